The van der Waals surface area contributed by atoms with Crippen LogP contribution in [0.2, 0.25) is 0 Å². The van der Waals surface area contributed by atoms with Crippen LogP contribution < -0.4 is 5.32 Å². The molecule has 1 aromatic heterocycles. The zero-order valence-electron chi connectivity index (χ0n) is 13.9. The molecule has 2 unspecified atom stereocenters. The van der Waals surface area contributed by atoms with Crippen molar-refractivity contribution in [2.75, 3.05) is 13.2 Å². The third-order valence-electron chi connectivity index (χ3n) is 3.42. The highest BCUT2D eigenvalue weighted by Gasteiger charge is 2.35. The molecule has 20 heavy (non-hydrogen) atoms. The molecule has 4 nitrogen and oxygen atoms in total. The molecule has 0 amide bonds. The third kappa shape index (κ3) is 4.32. The van der Waals surface area contributed by atoms with Crippen molar-refractivity contribution < 1.29 is 4.74 Å². The fourth-order valence-corrected chi connectivity index (χ4v) is 2.61. The maximum atomic E-state index is 6.06. The lowest BCUT2D eigenvalue weighted by atomic mass is 9.84. The molecule has 1 rings (SSSR count). The van der Waals surface area contributed by atoms with E-state index in [2.05, 4.69) is 62.6 Å². The van der Waals surface area contributed by atoms with E-state index in [9.17, 15) is 0 Å². The van der Waals surface area contributed by atoms with Gasteiger partial charge in [0.15, 0.2) is 0 Å². The van der Waals surface area contributed by atoms with Crippen LogP contribution in [-0.4, -0.2) is 28.8 Å². The van der Waals surface area contributed by atoms with E-state index in [0.29, 0.717) is 0 Å². The first-order valence-corrected chi connectivity index (χ1v) is 7.81. The molecule has 0 saturated heterocycles. The summed E-state index contributed by atoms with van der Waals surface area (Å²) >= 11 is 0. The first kappa shape index (κ1) is 17.2. The summed E-state index contributed by atoms with van der Waals surface area (Å²) < 4.78 is 8.30. The molecule has 0 aliphatic heterocycles. The average Bonchev–Trinajstić information content (AvgIpc) is 2.81. The van der Waals surface area contributed by atoms with E-state index in [1.807, 2.05) is 6.20 Å². The number of nitrogens with one attached hydrogen (secondary N) is 1. The molecule has 4 heteroatoms. The second-order valence-corrected chi connectivity index (χ2v) is 6.26. The number of imidazole rings is 1. The number of nitrogens with zero attached hydrogens (tertiary/aromatic N) is 2. The Bertz CT molecular complexity index is 381. The van der Waals surface area contributed by atoms with Crippen molar-refractivity contribution in [2.45, 2.75) is 66.7 Å². The molecule has 0 radical (unpaired) electrons. The maximum Gasteiger partial charge on any atom is 0.128 e. The number of ether oxygens (including phenoxy) is 1. The van der Waals surface area contributed by atoms with Gasteiger partial charge in [-0.05, 0) is 25.3 Å². The predicted octanol–water partition coefficient (Wildman–Crippen LogP) is 3.39. The van der Waals surface area contributed by atoms with Crippen LogP contribution >= 0.6 is 0 Å². The molecular weight excluding hydrogens is 250 g/mol. The second kappa shape index (κ2) is 7.79. The SMILES string of the molecule is CCCn1ccnc1C(NCC)C(OCC)C(C)(C)C. The van der Waals surface area contributed by atoms with Crippen molar-refractivity contribution >= 4 is 0 Å². The highest BCUT2D eigenvalue weighted by molar-refractivity contribution is 5.05. The predicted molar refractivity (Wildman–Crippen MR) is 83.8 cm³/mol. The van der Waals surface area contributed by atoms with Crippen molar-refractivity contribution in [3.63, 3.8) is 0 Å². The smallest absolute Gasteiger partial charge is 0.128 e. The number of hydrogen-bond donors (Lipinski definition) is 1. The minimum Gasteiger partial charge on any atom is -0.376 e. The number of hydrogen-bond acceptors (Lipinski definition) is 3. The Balaban J connectivity index is 3.09. The quantitative estimate of drug-likeness (QED) is 0.794. The van der Waals surface area contributed by atoms with Crippen molar-refractivity contribution in [1.82, 2.24) is 14.9 Å². The van der Waals surface area contributed by atoms with Gasteiger partial charge in [0.25, 0.3) is 0 Å². The van der Waals surface area contributed by atoms with Crippen LogP contribution in [0.5, 0.6) is 0 Å². The van der Waals surface area contributed by atoms with E-state index >= 15 is 0 Å². The van der Waals surface area contributed by atoms with Crippen LogP contribution in [0, 0.1) is 5.41 Å². The van der Waals surface area contributed by atoms with Gasteiger partial charge >= 0.3 is 0 Å². The van der Waals surface area contributed by atoms with Crippen LogP contribution in [0.1, 0.15) is 59.8 Å². The molecule has 1 heterocycles. The van der Waals surface area contributed by atoms with E-state index in [1.54, 1.807) is 0 Å². The first-order valence-electron chi connectivity index (χ1n) is 7.81. The van der Waals surface area contributed by atoms with Gasteiger partial charge in [0.05, 0.1) is 12.1 Å². The summed E-state index contributed by atoms with van der Waals surface area (Å²) in [5.74, 6) is 1.09. The van der Waals surface area contributed by atoms with Crippen LogP contribution in [0.15, 0.2) is 12.4 Å². The van der Waals surface area contributed by atoms with Crippen molar-refractivity contribution in [1.29, 1.82) is 0 Å². The fourth-order valence-electron chi connectivity index (χ4n) is 2.61. The average molecular weight is 281 g/mol. The van der Waals surface area contributed by atoms with Crippen LogP contribution in [0.25, 0.3) is 0 Å². The zero-order chi connectivity index (χ0) is 15.2. The van der Waals surface area contributed by atoms with Gasteiger partial charge in [0.1, 0.15) is 5.82 Å². The summed E-state index contributed by atoms with van der Waals surface area (Å²) in [5.41, 5.74) is 0.0614. The topological polar surface area (TPSA) is 39.1 Å². The molecule has 0 bridgehead atoms. The first-order chi connectivity index (χ1) is 9.45. The lowest BCUT2D eigenvalue weighted by Gasteiger charge is -2.37. The maximum absolute atomic E-state index is 6.06. The van der Waals surface area contributed by atoms with Gasteiger partial charge in [-0.25, -0.2) is 4.98 Å². The summed E-state index contributed by atoms with van der Waals surface area (Å²) in [4.78, 5) is 4.59. The minimum absolute atomic E-state index is 0.0614. The monoisotopic (exact) mass is 281 g/mol. The molecule has 0 aliphatic carbocycles. The van der Waals surface area contributed by atoms with Crippen molar-refractivity contribution in [2.24, 2.45) is 5.41 Å². The van der Waals surface area contributed by atoms with Gasteiger partial charge in [0.2, 0.25) is 0 Å². The highest BCUT2D eigenvalue weighted by atomic mass is 16.5. The molecule has 0 aromatic carbocycles. The summed E-state index contributed by atoms with van der Waals surface area (Å²) in [6.07, 6.45) is 5.16. The summed E-state index contributed by atoms with van der Waals surface area (Å²) in [5, 5.41) is 3.57. The number of rotatable bonds is 8. The zero-order valence-corrected chi connectivity index (χ0v) is 13.9. The Morgan fingerprint density at radius 2 is 2.00 bits per heavy atom. The lowest BCUT2D eigenvalue weighted by molar-refractivity contribution is -0.0388. The summed E-state index contributed by atoms with van der Waals surface area (Å²) in [6, 6.07) is 0.126. The lowest BCUT2D eigenvalue weighted by Crippen LogP contribution is -2.43. The third-order valence-corrected chi connectivity index (χ3v) is 3.42. The summed E-state index contributed by atoms with van der Waals surface area (Å²) in [6.45, 7) is 15.7. The van der Waals surface area contributed by atoms with Gasteiger partial charge in [0, 0.05) is 25.5 Å². The van der Waals surface area contributed by atoms with Crippen LogP contribution in [0.3, 0.4) is 0 Å². The second-order valence-electron chi connectivity index (χ2n) is 6.26. The number of aromatic nitrogens is 2. The van der Waals surface area contributed by atoms with Gasteiger partial charge in [-0.15, -0.1) is 0 Å². The molecule has 0 spiro atoms. The van der Waals surface area contributed by atoms with Gasteiger partial charge in [-0.1, -0.05) is 34.6 Å². The van der Waals surface area contributed by atoms with Crippen molar-refractivity contribution in [3.8, 4) is 0 Å². The van der Waals surface area contributed by atoms with Gasteiger partial charge < -0.3 is 14.6 Å². The van der Waals surface area contributed by atoms with E-state index in [-0.39, 0.29) is 17.6 Å². The molecule has 0 aliphatic rings. The Labute approximate surface area is 123 Å². The van der Waals surface area contributed by atoms with Crippen LogP contribution in [0.4, 0.5) is 0 Å². The molecule has 0 saturated carbocycles. The van der Waals surface area contributed by atoms with E-state index < -0.39 is 0 Å². The minimum atomic E-state index is 0.0614. The molecule has 116 valence electrons. The number of aryl methyl sites for hydroxylation is 1. The molecule has 1 N–H and O–H groups in total. The fraction of sp³-hybridized carbons (Fsp3) is 0.812. The Hall–Kier alpha value is -0.870. The molecule has 2 atom stereocenters. The standard InChI is InChI=1S/C16H31N3O/c1-7-11-19-12-10-18-15(19)13(17-8-2)14(20-9-3)16(4,5)6/h10,12-14,17H,7-9,11H2,1-6H3. The van der Waals surface area contributed by atoms with E-state index in [1.165, 1.54) is 0 Å². The van der Waals surface area contributed by atoms with Crippen LogP contribution in [-0.2, 0) is 11.3 Å². The van der Waals surface area contributed by atoms with Crippen molar-refractivity contribution in [3.05, 3.63) is 18.2 Å². The largest absolute Gasteiger partial charge is 0.376 e. The molecule has 1 aromatic rings. The Kier molecular flexibility index (Phi) is 6.69. The van der Waals surface area contributed by atoms with Gasteiger partial charge in [-0.3, -0.25) is 0 Å². The van der Waals surface area contributed by atoms with Gasteiger partial charge in [-0.2, -0.15) is 0 Å². The molecule has 0 fully saturated rings. The Morgan fingerprint density at radius 1 is 1.30 bits per heavy atom. The highest BCUT2D eigenvalue weighted by Crippen LogP contribution is 2.32. The summed E-state index contributed by atoms with van der Waals surface area (Å²) in [7, 11) is 0. The molecular formula is C16H31N3O. The Morgan fingerprint density at radius 3 is 2.50 bits per heavy atom. The number of likely N-dealkylation sites (N-methyl/N-ethyl adjacent to an activating group) is 1. The normalized spacial score (nSPS) is 15.3. The van der Waals surface area contributed by atoms with E-state index in [4.69, 9.17) is 4.74 Å². The van der Waals surface area contributed by atoms with E-state index in [0.717, 1.165) is 31.9 Å².